The minimum absolute atomic E-state index is 0.466. The highest BCUT2D eigenvalue weighted by atomic mass is 127. The summed E-state index contributed by atoms with van der Waals surface area (Å²) >= 11 is 8.02. The largest absolute Gasteiger partial charge is 0.126 e. The highest BCUT2D eigenvalue weighted by molar-refractivity contribution is 14.1. The van der Waals surface area contributed by atoms with E-state index in [-0.39, 0.29) is 0 Å². The molecule has 1 aromatic rings. The van der Waals surface area contributed by atoms with Crippen molar-refractivity contribution in [3.63, 3.8) is 0 Å². The fourth-order valence-electron chi connectivity index (χ4n) is 0.880. The quantitative estimate of drug-likeness (QED) is 0.573. The van der Waals surface area contributed by atoms with Crippen molar-refractivity contribution < 1.29 is 0 Å². The molecular weight excluding hydrogens is 270 g/mol. The van der Waals surface area contributed by atoms with Crippen molar-refractivity contribution in [1.29, 1.82) is 0 Å². The van der Waals surface area contributed by atoms with E-state index in [9.17, 15) is 0 Å². The minimum atomic E-state index is 0.466. The summed E-state index contributed by atoms with van der Waals surface area (Å²) in [6, 6.07) is 8.49. The van der Waals surface area contributed by atoms with Crippen molar-refractivity contribution in [1.82, 2.24) is 0 Å². The summed E-state index contributed by atoms with van der Waals surface area (Å²) in [4.78, 5) is 0. The zero-order valence-electron chi connectivity index (χ0n) is 6.35. The highest BCUT2D eigenvalue weighted by Crippen LogP contribution is 2.17. The third-order valence-corrected chi connectivity index (χ3v) is 2.85. The Morgan fingerprint density at radius 3 is 2.36 bits per heavy atom. The van der Waals surface area contributed by atoms with E-state index >= 15 is 0 Å². The summed E-state index contributed by atoms with van der Waals surface area (Å²) in [5, 5.41) is 0. The lowest BCUT2D eigenvalue weighted by atomic mass is 10.0. The molecule has 0 aliphatic carbocycles. The number of rotatable bonds is 2. The summed E-state index contributed by atoms with van der Waals surface area (Å²) in [7, 11) is 0. The number of halogens is 2. The molecule has 0 saturated carbocycles. The Hall–Kier alpha value is 0.240. The van der Waals surface area contributed by atoms with Gasteiger partial charge in [-0.2, -0.15) is 0 Å². The standard InChI is InChI=1S/C9H10ClI/c1-7(6-10)8-2-4-9(11)5-3-8/h2-5,7H,6H2,1H3. The van der Waals surface area contributed by atoms with Crippen LogP contribution < -0.4 is 0 Å². The first-order valence-corrected chi connectivity index (χ1v) is 5.17. The van der Waals surface area contributed by atoms with E-state index in [0.717, 1.165) is 0 Å². The molecule has 0 fully saturated rings. The van der Waals surface area contributed by atoms with Gasteiger partial charge in [-0.05, 0) is 46.2 Å². The minimum Gasteiger partial charge on any atom is -0.126 e. The van der Waals surface area contributed by atoms with Gasteiger partial charge in [-0.3, -0.25) is 0 Å². The van der Waals surface area contributed by atoms with Gasteiger partial charge in [-0.25, -0.2) is 0 Å². The molecule has 0 aromatic heterocycles. The first-order valence-electron chi connectivity index (χ1n) is 3.55. The molecule has 0 amide bonds. The topological polar surface area (TPSA) is 0 Å². The van der Waals surface area contributed by atoms with E-state index in [0.29, 0.717) is 11.8 Å². The van der Waals surface area contributed by atoms with Crippen molar-refractivity contribution >= 4 is 34.2 Å². The lowest BCUT2D eigenvalue weighted by Crippen LogP contribution is -1.93. The van der Waals surface area contributed by atoms with Crippen molar-refractivity contribution in [2.24, 2.45) is 0 Å². The second-order valence-corrected chi connectivity index (χ2v) is 4.16. The third-order valence-electron chi connectivity index (χ3n) is 1.67. The summed E-state index contributed by atoms with van der Waals surface area (Å²) < 4.78 is 1.27. The zero-order chi connectivity index (χ0) is 8.27. The predicted octanol–water partition coefficient (Wildman–Crippen LogP) is 3.63. The average molecular weight is 281 g/mol. The Bertz CT molecular complexity index is 218. The molecule has 0 radical (unpaired) electrons. The molecule has 60 valence electrons. The molecule has 1 rings (SSSR count). The Balaban J connectivity index is 2.81. The van der Waals surface area contributed by atoms with Crippen LogP contribution in [0.5, 0.6) is 0 Å². The molecule has 0 aliphatic heterocycles. The van der Waals surface area contributed by atoms with Crippen LogP contribution in [0.1, 0.15) is 18.4 Å². The number of alkyl halides is 1. The van der Waals surface area contributed by atoms with Crippen LogP contribution in [0.15, 0.2) is 24.3 Å². The molecule has 0 heterocycles. The van der Waals surface area contributed by atoms with Crippen LogP contribution >= 0.6 is 34.2 Å². The summed E-state index contributed by atoms with van der Waals surface area (Å²) in [5.41, 5.74) is 1.32. The zero-order valence-corrected chi connectivity index (χ0v) is 9.26. The van der Waals surface area contributed by atoms with Crippen LogP contribution in [0.3, 0.4) is 0 Å². The Labute approximate surface area is 86.1 Å². The second-order valence-electron chi connectivity index (χ2n) is 2.61. The van der Waals surface area contributed by atoms with Gasteiger partial charge in [-0.1, -0.05) is 19.1 Å². The lowest BCUT2D eigenvalue weighted by Gasteiger charge is -2.06. The van der Waals surface area contributed by atoms with Crippen molar-refractivity contribution in [2.75, 3.05) is 5.88 Å². The van der Waals surface area contributed by atoms with Gasteiger partial charge < -0.3 is 0 Å². The van der Waals surface area contributed by atoms with Gasteiger partial charge in [0.15, 0.2) is 0 Å². The van der Waals surface area contributed by atoms with Gasteiger partial charge in [-0.15, -0.1) is 11.6 Å². The van der Waals surface area contributed by atoms with Crippen LogP contribution in [-0.2, 0) is 0 Å². The smallest absolute Gasteiger partial charge is 0.0289 e. The fourth-order valence-corrected chi connectivity index (χ4v) is 1.42. The Morgan fingerprint density at radius 1 is 1.36 bits per heavy atom. The van der Waals surface area contributed by atoms with Crippen LogP contribution in [0.25, 0.3) is 0 Å². The molecule has 0 saturated heterocycles. The molecule has 0 spiro atoms. The maximum atomic E-state index is 5.72. The van der Waals surface area contributed by atoms with Crippen LogP contribution in [0, 0.1) is 3.57 Å². The molecule has 1 aromatic carbocycles. The van der Waals surface area contributed by atoms with E-state index in [1.165, 1.54) is 9.13 Å². The predicted molar refractivity (Wildman–Crippen MR) is 58.3 cm³/mol. The van der Waals surface area contributed by atoms with Gasteiger partial charge in [0.1, 0.15) is 0 Å². The second kappa shape index (κ2) is 4.31. The molecule has 0 aliphatic rings. The Kier molecular flexibility index (Phi) is 3.66. The van der Waals surface area contributed by atoms with Gasteiger partial charge >= 0.3 is 0 Å². The SMILES string of the molecule is CC(CCl)c1ccc(I)cc1. The molecule has 1 atom stereocenters. The van der Waals surface area contributed by atoms with Crippen LogP contribution in [-0.4, -0.2) is 5.88 Å². The van der Waals surface area contributed by atoms with Crippen LogP contribution in [0.2, 0.25) is 0 Å². The number of benzene rings is 1. The van der Waals surface area contributed by atoms with Crippen LogP contribution in [0.4, 0.5) is 0 Å². The van der Waals surface area contributed by atoms with Crippen molar-refractivity contribution in [3.8, 4) is 0 Å². The van der Waals surface area contributed by atoms with E-state index in [1.54, 1.807) is 0 Å². The van der Waals surface area contributed by atoms with E-state index in [2.05, 4.69) is 53.8 Å². The average Bonchev–Trinajstić information content (AvgIpc) is 2.05. The first-order chi connectivity index (χ1) is 5.24. The summed E-state index contributed by atoms with van der Waals surface area (Å²) in [6.07, 6.45) is 0. The summed E-state index contributed by atoms with van der Waals surface area (Å²) in [5.74, 6) is 1.16. The number of hydrogen-bond acceptors (Lipinski definition) is 0. The molecule has 2 heteroatoms. The fraction of sp³-hybridized carbons (Fsp3) is 0.333. The normalized spacial score (nSPS) is 13.0. The van der Waals surface area contributed by atoms with Gasteiger partial charge in [0.2, 0.25) is 0 Å². The summed E-state index contributed by atoms with van der Waals surface area (Å²) in [6.45, 7) is 2.13. The van der Waals surface area contributed by atoms with E-state index in [1.807, 2.05) is 0 Å². The molecular formula is C9H10ClI. The molecule has 1 unspecified atom stereocenters. The van der Waals surface area contributed by atoms with Crippen molar-refractivity contribution in [3.05, 3.63) is 33.4 Å². The molecule has 0 N–H and O–H groups in total. The van der Waals surface area contributed by atoms with Crippen molar-refractivity contribution in [2.45, 2.75) is 12.8 Å². The molecule has 11 heavy (non-hydrogen) atoms. The van der Waals surface area contributed by atoms with E-state index in [4.69, 9.17) is 11.6 Å². The highest BCUT2D eigenvalue weighted by Gasteiger charge is 2.01. The third kappa shape index (κ3) is 2.64. The van der Waals surface area contributed by atoms with Gasteiger partial charge in [0.25, 0.3) is 0 Å². The monoisotopic (exact) mass is 280 g/mol. The molecule has 0 bridgehead atoms. The maximum Gasteiger partial charge on any atom is 0.0289 e. The van der Waals surface area contributed by atoms with E-state index < -0.39 is 0 Å². The lowest BCUT2D eigenvalue weighted by molar-refractivity contribution is 0.875. The van der Waals surface area contributed by atoms with Gasteiger partial charge in [0, 0.05) is 9.45 Å². The number of hydrogen-bond donors (Lipinski definition) is 0. The maximum absolute atomic E-state index is 5.72. The first kappa shape index (κ1) is 9.33. The van der Waals surface area contributed by atoms with Gasteiger partial charge in [0.05, 0.1) is 0 Å². The Morgan fingerprint density at radius 2 is 1.91 bits per heavy atom. The molecule has 0 nitrogen and oxygen atoms in total.